The third-order valence-electron chi connectivity index (χ3n) is 4.93. The topological polar surface area (TPSA) is 108 Å². The van der Waals surface area contributed by atoms with Crippen LogP contribution in [0, 0.1) is 5.92 Å². The van der Waals surface area contributed by atoms with E-state index in [1.165, 1.54) is 10.2 Å². The Bertz CT molecular complexity index is 1330. The Morgan fingerprint density at radius 3 is 2.71 bits per heavy atom. The number of hydrogen-bond acceptors (Lipinski definition) is 7. The number of carbonyl (C=O) groups is 1. The molecule has 0 aliphatic rings. The lowest BCUT2D eigenvalue weighted by Gasteiger charge is -2.14. The minimum atomic E-state index is -3.66. The fourth-order valence-corrected chi connectivity index (χ4v) is 4.77. The normalized spacial score (nSPS) is 12.8. The number of benzene rings is 1. The molecule has 1 unspecified atom stereocenters. The molecule has 162 valence electrons. The summed E-state index contributed by atoms with van der Waals surface area (Å²) in [7, 11) is -3.66. The monoisotopic (exact) mass is 441 g/mol. The molecular weight excluding hydrogens is 418 g/mol. The number of fused-ring (bicyclic) bond motifs is 3. The van der Waals surface area contributed by atoms with Crippen molar-refractivity contribution in [3.8, 4) is 0 Å². The zero-order valence-corrected chi connectivity index (χ0v) is 18.0. The highest BCUT2D eigenvalue weighted by molar-refractivity contribution is 7.89. The zero-order chi connectivity index (χ0) is 22.0. The molecule has 0 aliphatic carbocycles. The van der Waals surface area contributed by atoms with Gasteiger partial charge in [0.25, 0.3) is 0 Å². The average Bonchev–Trinajstić information content (AvgIpc) is 3.36. The summed E-state index contributed by atoms with van der Waals surface area (Å²) in [5.41, 5.74) is 5.48. The Hall–Kier alpha value is -3.40. The number of imidazole rings is 1. The number of aromatic nitrogens is 4. The van der Waals surface area contributed by atoms with Gasteiger partial charge >= 0.3 is 5.97 Å². The number of hydrogen-bond donors (Lipinski definition) is 1. The van der Waals surface area contributed by atoms with Gasteiger partial charge in [0.2, 0.25) is 10.0 Å². The van der Waals surface area contributed by atoms with E-state index in [2.05, 4.69) is 15.4 Å². The van der Waals surface area contributed by atoms with Crippen molar-refractivity contribution in [2.75, 3.05) is 18.6 Å². The number of ether oxygens (including phenoxy) is 1. The summed E-state index contributed by atoms with van der Waals surface area (Å²) in [6.45, 7) is 4.20. The lowest BCUT2D eigenvalue weighted by Crippen LogP contribution is -2.27. The van der Waals surface area contributed by atoms with Gasteiger partial charge in [-0.05, 0) is 18.6 Å². The molecule has 4 rings (SSSR count). The van der Waals surface area contributed by atoms with Crippen LogP contribution in [-0.4, -0.2) is 46.2 Å². The molecule has 0 spiro atoms. The zero-order valence-electron chi connectivity index (χ0n) is 17.2. The van der Waals surface area contributed by atoms with Crippen LogP contribution in [0.1, 0.15) is 19.4 Å². The molecule has 31 heavy (non-hydrogen) atoms. The van der Waals surface area contributed by atoms with Crippen LogP contribution in [0.25, 0.3) is 22.1 Å². The molecule has 1 aromatic carbocycles. The van der Waals surface area contributed by atoms with Gasteiger partial charge in [0, 0.05) is 18.1 Å². The number of rotatable bonds is 8. The SMILES string of the molecule is CCOC(=O)C(C)CNn1cnc2cnc3c(ccn3S(=O)(=O)Cc3ccccc3)c21. The van der Waals surface area contributed by atoms with Crippen LogP contribution in [0.2, 0.25) is 0 Å². The number of esters is 1. The smallest absolute Gasteiger partial charge is 0.310 e. The predicted molar refractivity (Wildman–Crippen MR) is 118 cm³/mol. The van der Waals surface area contributed by atoms with Crippen LogP contribution in [0.3, 0.4) is 0 Å². The van der Waals surface area contributed by atoms with E-state index in [1.807, 2.05) is 18.2 Å². The van der Waals surface area contributed by atoms with Crippen LogP contribution in [0.5, 0.6) is 0 Å². The molecule has 10 heteroatoms. The Morgan fingerprint density at radius 2 is 1.97 bits per heavy atom. The van der Waals surface area contributed by atoms with Crippen molar-refractivity contribution in [1.82, 2.24) is 18.6 Å². The van der Waals surface area contributed by atoms with E-state index in [0.29, 0.717) is 40.8 Å². The van der Waals surface area contributed by atoms with E-state index in [9.17, 15) is 13.2 Å². The van der Waals surface area contributed by atoms with Gasteiger partial charge < -0.3 is 10.2 Å². The Balaban J connectivity index is 1.67. The second kappa shape index (κ2) is 8.38. The quantitative estimate of drug-likeness (QED) is 0.419. The minimum absolute atomic E-state index is 0.133. The van der Waals surface area contributed by atoms with Crippen LogP contribution < -0.4 is 5.43 Å². The lowest BCUT2D eigenvalue weighted by atomic mass is 10.2. The molecule has 3 heterocycles. The molecule has 0 saturated heterocycles. The van der Waals surface area contributed by atoms with Gasteiger partial charge in [-0.2, -0.15) is 0 Å². The van der Waals surface area contributed by atoms with Crippen molar-refractivity contribution in [3.63, 3.8) is 0 Å². The third-order valence-corrected chi connectivity index (χ3v) is 6.53. The van der Waals surface area contributed by atoms with Gasteiger partial charge in [-0.25, -0.2) is 27.0 Å². The van der Waals surface area contributed by atoms with Gasteiger partial charge in [0.15, 0.2) is 5.65 Å². The summed E-state index contributed by atoms with van der Waals surface area (Å²) in [6.07, 6.45) is 4.63. The molecular formula is C21H23N5O4S. The fourth-order valence-electron chi connectivity index (χ4n) is 3.37. The standard InChI is InChI=1S/C21H23N5O4S/c1-3-30-21(27)15(2)11-24-25-14-23-18-12-22-20-17(19(18)25)9-10-26(20)31(28,29)13-16-7-5-4-6-8-16/h4-10,12,14-15,24H,3,11,13H2,1-2H3. The number of nitrogens with one attached hydrogen (secondary N) is 1. The minimum Gasteiger partial charge on any atom is -0.466 e. The predicted octanol–water partition coefficient (Wildman–Crippen LogP) is 2.51. The van der Waals surface area contributed by atoms with E-state index >= 15 is 0 Å². The summed E-state index contributed by atoms with van der Waals surface area (Å²) in [5.74, 6) is -0.777. The Morgan fingerprint density at radius 1 is 1.19 bits per heavy atom. The van der Waals surface area contributed by atoms with E-state index in [1.54, 1.807) is 49.2 Å². The Labute approximate surface area is 179 Å². The molecule has 0 bridgehead atoms. The highest BCUT2D eigenvalue weighted by Crippen LogP contribution is 2.25. The molecule has 0 aliphatic heterocycles. The van der Waals surface area contributed by atoms with Crippen LogP contribution in [0.15, 0.2) is 55.1 Å². The first kappa shape index (κ1) is 20.9. The van der Waals surface area contributed by atoms with Crippen LogP contribution >= 0.6 is 0 Å². The molecule has 0 amide bonds. The van der Waals surface area contributed by atoms with Crippen LogP contribution in [0.4, 0.5) is 0 Å². The molecule has 0 saturated carbocycles. The second-order valence-electron chi connectivity index (χ2n) is 7.21. The first-order chi connectivity index (χ1) is 14.9. The maximum absolute atomic E-state index is 13.0. The largest absolute Gasteiger partial charge is 0.466 e. The number of nitrogens with zero attached hydrogens (tertiary/aromatic N) is 4. The van der Waals surface area contributed by atoms with Gasteiger partial charge in [-0.1, -0.05) is 37.3 Å². The fraction of sp³-hybridized carbons (Fsp3) is 0.286. The molecule has 9 nitrogen and oxygen atoms in total. The molecule has 1 N–H and O–H groups in total. The molecule has 0 fully saturated rings. The maximum Gasteiger partial charge on any atom is 0.310 e. The summed E-state index contributed by atoms with van der Waals surface area (Å²) < 4.78 is 34.0. The highest BCUT2D eigenvalue weighted by atomic mass is 32.2. The number of pyridine rings is 1. The summed E-state index contributed by atoms with van der Waals surface area (Å²) in [5, 5.41) is 0.642. The van der Waals surface area contributed by atoms with Crippen molar-refractivity contribution in [2.45, 2.75) is 19.6 Å². The maximum atomic E-state index is 13.0. The summed E-state index contributed by atoms with van der Waals surface area (Å²) in [6, 6.07) is 10.7. The third kappa shape index (κ3) is 4.11. The molecule has 4 aromatic rings. The van der Waals surface area contributed by atoms with E-state index in [4.69, 9.17) is 4.74 Å². The van der Waals surface area contributed by atoms with Crippen LogP contribution in [-0.2, 0) is 25.3 Å². The van der Waals surface area contributed by atoms with Crippen molar-refractivity contribution in [1.29, 1.82) is 0 Å². The van der Waals surface area contributed by atoms with Gasteiger partial charge in [0.05, 0.1) is 24.5 Å². The summed E-state index contributed by atoms with van der Waals surface area (Å²) in [4.78, 5) is 20.5. The first-order valence-electron chi connectivity index (χ1n) is 9.91. The van der Waals surface area contributed by atoms with Gasteiger partial charge in [0.1, 0.15) is 17.4 Å². The average molecular weight is 442 g/mol. The molecule has 1 atom stereocenters. The number of carbonyl (C=O) groups excluding carboxylic acids is 1. The molecule has 3 aromatic heterocycles. The highest BCUT2D eigenvalue weighted by Gasteiger charge is 2.21. The second-order valence-corrected chi connectivity index (χ2v) is 9.06. The van der Waals surface area contributed by atoms with E-state index in [0.717, 1.165) is 0 Å². The van der Waals surface area contributed by atoms with Gasteiger partial charge in [-0.15, -0.1) is 0 Å². The Kier molecular flexibility index (Phi) is 5.64. The molecule has 0 radical (unpaired) electrons. The van der Waals surface area contributed by atoms with E-state index < -0.39 is 10.0 Å². The van der Waals surface area contributed by atoms with Crippen molar-refractivity contribution < 1.29 is 17.9 Å². The summed E-state index contributed by atoms with van der Waals surface area (Å²) >= 11 is 0. The van der Waals surface area contributed by atoms with E-state index in [-0.39, 0.29) is 17.6 Å². The van der Waals surface area contributed by atoms with Crippen molar-refractivity contribution in [3.05, 3.63) is 60.7 Å². The lowest BCUT2D eigenvalue weighted by molar-refractivity contribution is -0.146. The first-order valence-corrected chi connectivity index (χ1v) is 11.5. The van der Waals surface area contributed by atoms with Crippen molar-refractivity contribution in [2.24, 2.45) is 5.92 Å². The van der Waals surface area contributed by atoms with Crippen molar-refractivity contribution >= 4 is 38.1 Å². The van der Waals surface area contributed by atoms with Gasteiger partial charge in [-0.3, -0.25) is 4.79 Å².